The monoisotopic (exact) mass is 525 g/mol. The van der Waals surface area contributed by atoms with Gasteiger partial charge in [0, 0.05) is 12.8 Å². The van der Waals surface area contributed by atoms with E-state index in [1.807, 2.05) is 0 Å². The number of morpholine rings is 1. The van der Waals surface area contributed by atoms with Crippen LogP contribution < -0.4 is 17.0 Å². The number of benzene rings is 2. The van der Waals surface area contributed by atoms with Crippen molar-refractivity contribution in [2.45, 2.75) is 63.2 Å². The lowest BCUT2D eigenvalue weighted by atomic mass is 9.86. The molecule has 1 N–H and O–H groups in total. The minimum Gasteiger partial charge on any atom is -1.00 e. The van der Waals surface area contributed by atoms with E-state index in [9.17, 15) is 18.7 Å². The molecule has 8 heteroatoms. The smallest absolute Gasteiger partial charge is 0.347 e. The Balaban J connectivity index is 0.00000153. The molecule has 3 heterocycles. The van der Waals surface area contributed by atoms with Crippen molar-refractivity contribution in [2.24, 2.45) is 0 Å². The molecule has 6 atom stereocenters. The molecule has 4 unspecified atom stereocenters. The number of esters is 1. The van der Waals surface area contributed by atoms with Crippen LogP contribution in [0.3, 0.4) is 0 Å². The van der Waals surface area contributed by atoms with E-state index in [4.69, 9.17) is 9.47 Å². The average Bonchev–Trinajstić information content (AvgIpc) is 3.53. The fourth-order valence-electron chi connectivity index (χ4n) is 5.64. The molecule has 2 aromatic carbocycles. The lowest BCUT2D eigenvalue weighted by Gasteiger charge is -2.47. The zero-order valence-corrected chi connectivity index (χ0v) is 19.5. The molecular weight excluding hydrogens is 496 g/mol. The standard InChI is InChI=1S/C24H26F2NO4.CH4.BrH/c1-3-27(2)19-12-18(13-20(27)22-21(19)31-22)30-23(28)24(29,14-4-8-16(25)9-5-14)15-6-10-17(26)11-7-15;;/h4-11,18-22,29H,3,12-13H2,1-2H3;1H4;1H/q+1;;/p-1/t18?,19-,20?,21+,22?,27?;;/m0../s1. The van der Waals surface area contributed by atoms with Gasteiger partial charge in [-0.3, -0.25) is 0 Å². The first kappa shape index (κ1) is 25.7. The van der Waals surface area contributed by atoms with E-state index in [0.717, 1.165) is 11.0 Å². The van der Waals surface area contributed by atoms with Gasteiger partial charge < -0.3 is 36.0 Å². The molecule has 0 spiro atoms. The minimum absolute atomic E-state index is 0. The van der Waals surface area contributed by atoms with Crippen LogP contribution in [0.1, 0.15) is 38.3 Å². The van der Waals surface area contributed by atoms with Crippen molar-refractivity contribution in [1.29, 1.82) is 0 Å². The van der Waals surface area contributed by atoms with E-state index in [2.05, 4.69) is 14.0 Å². The van der Waals surface area contributed by atoms with E-state index < -0.39 is 23.2 Å². The Labute approximate surface area is 203 Å². The maximum atomic E-state index is 13.5. The number of ether oxygens (including phenoxy) is 2. The van der Waals surface area contributed by atoms with Crippen molar-refractivity contribution < 1.29 is 49.6 Å². The van der Waals surface area contributed by atoms with Crippen LogP contribution in [0.15, 0.2) is 48.5 Å². The molecule has 0 saturated carbocycles. The van der Waals surface area contributed by atoms with Crippen molar-refractivity contribution in [3.63, 3.8) is 0 Å². The maximum absolute atomic E-state index is 13.5. The first-order chi connectivity index (χ1) is 14.8. The third-order valence-electron chi connectivity index (χ3n) is 7.62. The summed E-state index contributed by atoms with van der Waals surface area (Å²) in [7, 11) is 2.23. The van der Waals surface area contributed by atoms with Gasteiger partial charge in [-0.2, -0.15) is 0 Å². The molecule has 3 fully saturated rings. The zero-order valence-electron chi connectivity index (χ0n) is 17.9. The van der Waals surface area contributed by atoms with Crippen molar-refractivity contribution in [1.82, 2.24) is 0 Å². The number of epoxide rings is 1. The Morgan fingerprint density at radius 2 is 1.45 bits per heavy atom. The topological polar surface area (TPSA) is 59.1 Å². The number of piperidine rings is 1. The van der Waals surface area contributed by atoms with Gasteiger partial charge in [0.15, 0.2) is 0 Å². The van der Waals surface area contributed by atoms with Gasteiger partial charge in [-0.25, -0.2) is 13.6 Å². The summed E-state index contributed by atoms with van der Waals surface area (Å²) in [6.45, 7) is 3.15. The van der Waals surface area contributed by atoms with Crippen LogP contribution in [0.4, 0.5) is 8.78 Å². The van der Waals surface area contributed by atoms with Gasteiger partial charge in [-0.05, 0) is 42.3 Å². The molecule has 5 rings (SSSR count). The number of hydrogen-bond donors (Lipinski definition) is 1. The molecule has 3 aliphatic rings. The number of halogens is 3. The van der Waals surface area contributed by atoms with Crippen molar-refractivity contribution in [2.75, 3.05) is 13.6 Å². The van der Waals surface area contributed by atoms with E-state index in [0.29, 0.717) is 12.8 Å². The first-order valence-electron chi connectivity index (χ1n) is 10.7. The largest absolute Gasteiger partial charge is 1.00 e. The van der Waals surface area contributed by atoms with Crippen LogP contribution in [0.25, 0.3) is 0 Å². The molecule has 3 aliphatic heterocycles. The van der Waals surface area contributed by atoms with E-state index in [-0.39, 0.29) is 65.9 Å². The summed E-state index contributed by atoms with van der Waals surface area (Å²) in [5, 5.41) is 11.5. The van der Waals surface area contributed by atoms with Crippen molar-refractivity contribution in [3.05, 3.63) is 71.3 Å². The molecular formula is C25H30BrF2NO4. The van der Waals surface area contributed by atoms with Gasteiger partial charge in [0.05, 0.1) is 13.6 Å². The molecule has 2 aromatic rings. The molecule has 0 radical (unpaired) electrons. The highest BCUT2D eigenvalue weighted by molar-refractivity contribution is 5.85. The third-order valence-corrected chi connectivity index (χ3v) is 7.62. The van der Waals surface area contributed by atoms with Crippen molar-refractivity contribution >= 4 is 5.97 Å². The fourth-order valence-corrected chi connectivity index (χ4v) is 5.64. The molecule has 0 amide bonds. The van der Waals surface area contributed by atoms with E-state index >= 15 is 0 Å². The number of carbonyl (C=O) groups excluding carboxylic acids is 1. The number of carbonyl (C=O) groups is 1. The predicted molar refractivity (Wildman–Crippen MR) is 115 cm³/mol. The fraction of sp³-hybridized carbons (Fsp3) is 0.480. The summed E-state index contributed by atoms with van der Waals surface area (Å²) < 4.78 is 39.6. The molecule has 33 heavy (non-hydrogen) atoms. The number of hydrogen-bond acceptors (Lipinski definition) is 4. The average molecular weight is 526 g/mol. The Bertz CT molecular complexity index is 937. The number of nitrogens with zero attached hydrogens (tertiary/aromatic N) is 1. The Hall–Kier alpha value is -1.87. The third kappa shape index (κ3) is 4.01. The maximum Gasteiger partial charge on any atom is 0.347 e. The molecule has 0 aromatic heterocycles. The van der Waals surface area contributed by atoms with E-state index in [1.54, 1.807) is 0 Å². The number of quaternary nitrogens is 1. The van der Waals surface area contributed by atoms with Gasteiger partial charge >= 0.3 is 5.97 Å². The summed E-state index contributed by atoms with van der Waals surface area (Å²) in [5.41, 5.74) is -1.82. The summed E-state index contributed by atoms with van der Waals surface area (Å²) in [5.74, 6) is -1.81. The van der Waals surface area contributed by atoms with Crippen LogP contribution in [0.2, 0.25) is 0 Å². The highest BCUT2D eigenvalue weighted by atomic mass is 79.9. The second-order valence-corrected chi connectivity index (χ2v) is 9.09. The highest BCUT2D eigenvalue weighted by Crippen LogP contribution is 2.52. The summed E-state index contributed by atoms with van der Waals surface area (Å²) in [6.07, 6.45) is 1.41. The molecule has 180 valence electrons. The van der Waals surface area contributed by atoms with Crippen molar-refractivity contribution in [3.8, 4) is 0 Å². The SMILES string of the molecule is C.CC[N+]1(C)C2CC(OC(=O)C(O)(c3ccc(F)cc3)c3ccc(F)cc3)C[C@H]1[C@H]1OC21.[Br-]. The van der Waals surface area contributed by atoms with Crippen LogP contribution >= 0.6 is 0 Å². The quantitative estimate of drug-likeness (QED) is 0.351. The van der Waals surface area contributed by atoms with Gasteiger partial charge in [-0.1, -0.05) is 31.7 Å². The van der Waals surface area contributed by atoms with Crippen LogP contribution in [0.5, 0.6) is 0 Å². The van der Waals surface area contributed by atoms with Gasteiger partial charge in [0.2, 0.25) is 5.60 Å². The van der Waals surface area contributed by atoms with Crippen LogP contribution in [-0.2, 0) is 19.9 Å². The molecule has 3 saturated heterocycles. The summed E-state index contributed by atoms with van der Waals surface area (Å²) >= 11 is 0. The lowest BCUT2D eigenvalue weighted by Crippen LogP contribution is -3.00. The second kappa shape index (κ2) is 9.06. The normalized spacial score (nSPS) is 31.6. The number of rotatable bonds is 5. The number of aliphatic hydroxyl groups is 1. The summed E-state index contributed by atoms with van der Waals surface area (Å²) in [6, 6.07) is 10.6. The zero-order chi connectivity index (χ0) is 22.0. The first-order valence-corrected chi connectivity index (χ1v) is 10.7. The van der Waals surface area contributed by atoms with Gasteiger partial charge in [0.1, 0.15) is 42.0 Å². The van der Waals surface area contributed by atoms with Gasteiger partial charge in [0.25, 0.3) is 0 Å². The number of fused-ring (bicyclic) bond motifs is 5. The Kier molecular flexibility index (Phi) is 7.07. The number of likely N-dealkylation sites (N-methyl/N-ethyl adjacent to an activating group) is 1. The minimum atomic E-state index is -2.17. The molecule has 0 aliphatic carbocycles. The molecule has 2 bridgehead atoms. The second-order valence-electron chi connectivity index (χ2n) is 9.09. The summed E-state index contributed by atoms with van der Waals surface area (Å²) in [4.78, 5) is 13.4. The Morgan fingerprint density at radius 3 is 1.85 bits per heavy atom. The Morgan fingerprint density at radius 1 is 1.03 bits per heavy atom. The highest BCUT2D eigenvalue weighted by Gasteiger charge is 2.71. The molecule has 5 nitrogen and oxygen atoms in total. The predicted octanol–water partition coefficient (Wildman–Crippen LogP) is 0.531. The van der Waals surface area contributed by atoms with Crippen LogP contribution in [0, 0.1) is 11.6 Å². The van der Waals surface area contributed by atoms with Crippen LogP contribution in [-0.4, -0.2) is 59.5 Å². The lowest BCUT2D eigenvalue weighted by molar-refractivity contribution is -0.954. The van der Waals surface area contributed by atoms with Gasteiger partial charge in [-0.15, -0.1) is 0 Å². The van der Waals surface area contributed by atoms with E-state index in [1.165, 1.54) is 48.5 Å².